The number of aromatic carboxylic acids is 1. The van der Waals surface area contributed by atoms with Crippen LogP contribution < -0.4 is 10.1 Å². The molecule has 1 aromatic rings. The molecular weight excluding hydrogens is 449 g/mol. The van der Waals surface area contributed by atoms with Crippen molar-refractivity contribution in [3.05, 3.63) is 23.0 Å². The number of amides is 1. The van der Waals surface area contributed by atoms with Gasteiger partial charge in [0.15, 0.2) is 0 Å². The Balaban J connectivity index is 2.12. The van der Waals surface area contributed by atoms with Gasteiger partial charge < -0.3 is 15.2 Å². The van der Waals surface area contributed by atoms with E-state index in [9.17, 15) is 19.1 Å². The average Bonchev–Trinajstić information content (AvgIpc) is 3.00. The van der Waals surface area contributed by atoms with Gasteiger partial charge in [-0.3, -0.25) is 4.79 Å². The zero-order chi connectivity index (χ0) is 18.0. The summed E-state index contributed by atoms with van der Waals surface area (Å²) < 4.78 is 19.8. The van der Waals surface area contributed by atoms with Crippen LogP contribution in [0.4, 0.5) is 10.1 Å². The number of carbonyl (C=O) groups is 2. The van der Waals surface area contributed by atoms with Gasteiger partial charge in [0, 0.05) is 22.8 Å². The molecule has 0 bridgehead atoms. The van der Waals surface area contributed by atoms with E-state index in [0.717, 1.165) is 0 Å². The summed E-state index contributed by atoms with van der Waals surface area (Å²) in [6.45, 7) is 5.30. The van der Waals surface area contributed by atoms with Crippen LogP contribution in [0.25, 0.3) is 0 Å². The molecule has 2 unspecified atom stereocenters. The topological polar surface area (TPSA) is 75.6 Å². The van der Waals surface area contributed by atoms with Crippen molar-refractivity contribution in [2.75, 3.05) is 11.9 Å². The number of rotatable bonds is 2. The van der Waals surface area contributed by atoms with Crippen molar-refractivity contribution < 1.29 is 23.8 Å². The van der Waals surface area contributed by atoms with Gasteiger partial charge in [-0.1, -0.05) is 52.6 Å². The summed E-state index contributed by atoms with van der Waals surface area (Å²) in [5, 5.41) is 12.0. The Morgan fingerprint density at radius 3 is 2.58 bits per heavy atom. The second-order valence-corrected chi connectivity index (χ2v) is 10.8. The van der Waals surface area contributed by atoms with Gasteiger partial charge in [0.25, 0.3) is 0 Å². The maximum absolute atomic E-state index is 14.6. The summed E-state index contributed by atoms with van der Waals surface area (Å²) >= 11 is 7.03. The van der Waals surface area contributed by atoms with Crippen molar-refractivity contribution in [2.24, 2.45) is 11.3 Å². The first kappa shape index (κ1) is 17.7. The molecule has 1 aliphatic carbocycles. The third-order valence-electron chi connectivity index (χ3n) is 4.34. The molecular formula is C16H16Br2FNO4. The molecule has 1 aliphatic heterocycles. The van der Waals surface area contributed by atoms with Gasteiger partial charge in [-0.05, 0) is 6.07 Å². The molecule has 0 radical (unpaired) electrons. The number of hydrogen-bond acceptors (Lipinski definition) is 3. The van der Waals surface area contributed by atoms with Crippen molar-refractivity contribution in [3.63, 3.8) is 0 Å². The molecule has 5 nitrogen and oxygen atoms in total. The fourth-order valence-electron chi connectivity index (χ4n) is 2.86. The van der Waals surface area contributed by atoms with Crippen molar-refractivity contribution in [1.29, 1.82) is 0 Å². The van der Waals surface area contributed by atoms with Gasteiger partial charge in [-0.2, -0.15) is 0 Å². The molecule has 2 aliphatic rings. The minimum atomic E-state index is -1.34. The van der Waals surface area contributed by atoms with Crippen molar-refractivity contribution in [3.8, 4) is 5.75 Å². The van der Waals surface area contributed by atoms with Crippen LogP contribution in [-0.4, -0.2) is 26.8 Å². The molecule has 0 spiro atoms. The first-order chi connectivity index (χ1) is 11.0. The fraction of sp³-hybridized carbons (Fsp3) is 0.500. The van der Waals surface area contributed by atoms with Crippen LogP contribution in [0.1, 0.15) is 42.6 Å². The lowest BCUT2D eigenvalue weighted by molar-refractivity contribution is -0.123. The standard InChI is InChI=1S/C16H16Br2FNO4/c1-15(2,3)14(23)20-11-8(19)4-6-10-7(16(10,17)18)5-24-12(6)9(11)13(21)22/h4,7,10H,5H2,1-3H3,(H,20,23)(H,21,22). The smallest absolute Gasteiger partial charge is 0.341 e. The minimum Gasteiger partial charge on any atom is -0.492 e. The second-order valence-electron chi connectivity index (χ2n) is 7.11. The van der Waals surface area contributed by atoms with E-state index in [1.165, 1.54) is 6.07 Å². The maximum Gasteiger partial charge on any atom is 0.341 e. The van der Waals surface area contributed by atoms with E-state index in [0.29, 0.717) is 12.2 Å². The number of nitrogens with one attached hydrogen (secondary N) is 1. The van der Waals surface area contributed by atoms with Crippen LogP contribution in [0.2, 0.25) is 0 Å². The Hall–Kier alpha value is -1.15. The Kier molecular flexibility index (Phi) is 3.99. The number of carbonyl (C=O) groups excluding carboxylic acids is 1. The zero-order valence-corrected chi connectivity index (χ0v) is 16.4. The molecule has 24 heavy (non-hydrogen) atoms. The van der Waals surface area contributed by atoms with Gasteiger partial charge in [0.2, 0.25) is 5.91 Å². The highest BCUT2D eigenvalue weighted by molar-refractivity contribution is 9.25. The number of ether oxygens (including phenoxy) is 1. The number of hydrogen-bond donors (Lipinski definition) is 2. The number of benzene rings is 1. The van der Waals surface area contributed by atoms with Gasteiger partial charge in [0.1, 0.15) is 17.1 Å². The molecule has 1 fully saturated rings. The molecule has 0 aromatic heterocycles. The number of alkyl halides is 2. The lowest BCUT2D eigenvalue weighted by Gasteiger charge is -2.23. The number of anilines is 1. The Morgan fingerprint density at radius 2 is 2.04 bits per heavy atom. The van der Waals surface area contributed by atoms with Crippen LogP contribution in [0, 0.1) is 17.2 Å². The molecule has 1 amide bonds. The SMILES string of the molecule is CC(C)(C)C(=O)Nc1c(F)cc2c(c1C(=O)O)OCC1C2C1(Br)Br. The summed E-state index contributed by atoms with van der Waals surface area (Å²) in [6.07, 6.45) is 0. The van der Waals surface area contributed by atoms with Crippen molar-refractivity contribution in [2.45, 2.75) is 29.9 Å². The molecule has 2 N–H and O–H groups in total. The van der Waals surface area contributed by atoms with E-state index in [1.807, 2.05) is 0 Å². The molecule has 8 heteroatoms. The van der Waals surface area contributed by atoms with Crippen LogP contribution in [0.3, 0.4) is 0 Å². The predicted octanol–water partition coefficient (Wildman–Crippen LogP) is 4.10. The van der Waals surface area contributed by atoms with E-state index in [2.05, 4.69) is 37.2 Å². The largest absolute Gasteiger partial charge is 0.492 e. The van der Waals surface area contributed by atoms with E-state index in [-0.39, 0.29) is 28.8 Å². The highest BCUT2D eigenvalue weighted by atomic mass is 79.9. The van der Waals surface area contributed by atoms with Gasteiger partial charge >= 0.3 is 5.97 Å². The third kappa shape index (κ3) is 2.63. The monoisotopic (exact) mass is 463 g/mol. The Labute approximate surface area is 155 Å². The van der Waals surface area contributed by atoms with Gasteiger partial charge in [-0.15, -0.1) is 0 Å². The third-order valence-corrected chi connectivity index (χ3v) is 6.50. The lowest BCUT2D eigenvalue weighted by Crippen LogP contribution is -2.29. The van der Waals surface area contributed by atoms with Crippen LogP contribution in [0.15, 0.2) is 6.07 Å². The highest BCUT2D eigenvalue weighted by Crippen LogP contribution is 2.70. The Morgan fingerprint density at radius 1 is 1.42 bits per heavy atom. The molecule has 130 valence electrons. The van der Waals surface area contributed by atoms with Gasteiger partial charge in [0.05, 0.1) is 15.5 Å². The summed E-state index contributed by atoms with van der Waals surface area (Å²) in [4.78, 5) is 23.9. The highest BCUT2D eigenvalue weighted by Gasteiger charge is 2.65. The van der Waals surface area contributed by atoms with E-state index >= 15 is 0 Å². The van der Waals surface area contributed by atoms with E-state index in [1.54, 1.807) is 20.8 Å². The number of fused-ring (bicyclic) bond motifs is 3. The van der Waals surface area contributed by atoms with Crippen LogP contribution in [0.5, 0.6) is 5.75 Å². The number of carboxylic acid groups (broad SMARTS) is 1. The summed E-state index contributed by atoms with van der Waals surface area (Å²) in [5.74, 6) is -2.46. The molecule has 1 saturated carbocycles. The summed E-state index contributed by atoms with van der Waals surface area (Å²) in [5.41, 5.74) is -0.996. The Bertz CT molecular complexity index is 757. The summed E-state index contributed by atoms with van der Waals surface area (Å²) in [6, 6.07) is 1.25. The normalized spacial score (nSPS) is 23.6. The van der Waals surface area contributed by atoms with E-state index < -0.39 is 26.3 Å². The molecule has 1 aromatic carbocycles. The average molecular weight is 465 g/mol. The quantitative estimate of drug-likeness (QED) is 0.646. The first-order valence-electron chi connectivity index (χ1n) is 7.38. The van der Waals surface area contributed by atoms with Crippen LogP contribution in [-0.2, 0) is 4.79 Å². The maximum atomic E-state index is 14.6. The second kappa shape index (κ2) is 5.42. The van der Waals surface area contributed by atoms with E-state index in [4.69, 9.17) is 4.74 Å². The van der Waals surface area contributed by atoms with Gasteiger partial charge in [-0.25, -0.2) is 9.18 Å². The molecule has 0 saturated heterocycles. The first-order valence-corrected chi connectivity index (χ1v) is 8.96. The molecule has 1 heterocycles. The minimum absolute atomic E-state index is 0.0822. The zero-order valence-electron chi connectivity index (χ0n) is 13.2. The number of halogens is 3. The van der Waals surface area contributed by atoms with Crippen molar-refractivity contribution in [1.82, 2.24) is 0 Å². The summed E-state index contributed by atoms with van der Waals surface area (Å²) in [7, 11) is 0. The lowest BCUT2D eigenvalue weighted by atomic mass is 9.94. The fourth-order valence-corrected chi connectivity index (χ4v) is 4.52. The van der Waals surface area contributed by atoms with Crippen molar-refractivity contribution >= 4 is 49.4 Å². The predicted molar refractivity (Wildman–Crippen MR) is 93.8 cm³/mol. The molecule has 2 atom stereocenters. The number of carboxylic acids is 1. The molecule has 3 rings (SSSR count). The van der Waals surface area contributed by atoms with Crippen LogP contribution >= 0.6 is 31.9 Å².